The summed E-state index contributed by atoms with van der Waals surface area (Å²) in [6.07, 6.45) is 7.88. The van der Waals surface area contributed by atoms with Gasteiger partial charge in [0.1, 0.15) is 13.1 Å². The smallest absolute Gasteiger partial charge is 0.136 e. The quantitative estimate of drug-likeness (QED) is 0.596. The van der Waals surface area contributed by atoms with E-state index in [9.17, 15) is 4.79 Å². The summed E-state index contributed by atoms with van der Waals surface area (Å²) >= 11 is 0. The first kappa shape index (κ1) is 23.9. The molecule has 3 rings (SSSR count). The highest BCUT2D eigenvalue weighted by Gasteiger charge is 2.28. The number of aliphatic hydroxyl groups is 2. The molecule has 6 N–H and O–H groups in total. The van der Waals surface area contributed by atoms with E-state index in [-0.39, 0.29) is 6.61 Å². The van der Waals surface area contributed by atoms with Crippen molar-refractivity contribution in [2.45, 2.75) is 31.2 Å². The van der Waals surface area contributed by atoms with E-state index in [0.717, 1.165) is 13.7 Å². The molecule has 0 saturated carbocycles. The fraction of sp³-hybridized carbons (Fsp3) is 0.400. The van der Waals surface area contributed by atoms with E-state index in [1.54, 1.807) is 0 Å². The van der Waals surface area contributed by atoms with Gasteiger partial charge in [-0.3, -0.25) is 0 Å². The number of carbonyl (C=O) groups is 2. The summed E-state index contributed by atoms with van der Waals surface area (Å²) in [6, 6.07) is 8.22. The van der Waals surface area contributed by atoms with Crippen LogP contribution in [0.5, 0.6) is 0 Å². The second kappa shape index (κ2) is 14.1. The van der Waals surface area contributed by atoms with Crippen LogP contribution in [0.4, 0.5) is 0 Å². The van der Waals surface area contributed by atoms with Crippen molar-refractivity contribution in [3.63, 3.8) is 0 Å². The minimum absolute atomic E-state index is 0.0140. The van der Waals surface area contributed by atoms with Crippen molar-refractivity contribution in [2.75, 3.05) is 20.3 Å². The number of aliphatic hydroxyl groups excluding tert-OH is 2. The summed E-state index contributed by atoms with van der Waals surface area (Å²) < 4.78 is 0. The molecule has 6 nitrogen and oxygen atoms in total. The Bertz CT molecular complexity index is 599. The van der Waals surface area contributed by atoms with E-state index in [0.29, 0.717) is 18.6 Å². The van der Waals surface area contributed by atoms with Crippen molar-refractivity contribution in [1.82, 2.24) is 0 Å². The first-order valence-corrected chi connectivity index (χ1v) is 8.47. The van der Waals surface area contributed by atoms with Crippen LogP contribution in [0.25, 0.3) is 5.57 Å². The third kappa shape index (κ3) is 6.31. The van der Waals surface area contributed by atoms with E-state index in [1.165, 1.54) is 35.1 Å². The van der Waals surface area contributed by atoms with Crippen molar-refractivity contribution in [2.24, 2.45) is 11.5 Å². The molecule has 6 heteroatoms. The third-order valence-corrected chi connectivity index (χ3v) is 4.12. The van der Waals surface area contributed by atoms with Gasteiger partial charge in [-0.05, 0) is 41.5 Å². The lowest BCUT2D eigenvalue weighted by Crippen LogP contribution is -2.22. The maximum atomic E-state index is 9.66. The SMILES string of the molecule is C=O.CO.NC(C=O)CCO.NCC1C2=C(CCC=C2)c2ccccc21. The molecule has 0 heterocycles. The van der Waals surface area contributed by atoms with Crippen LogP contribution in [-0.2, 0) is 9.59 Å². The minimum Gasteiger partial charge on any atom is -0.400 e. The molecule has 2 atom stereocenters. The van der Waals surface area contributed by atoms with Crippen LogP contribution in [0.15, 0.2) is 42.0 Å². The summed E-state index contributed by atoms with van der Waals surface area (Å²) in [4.78, 5) is 17.7. The molecule has 1 aromatic carbocycles. The molecule has 2 aliphatic carbocycles. The number of hydrogen-bond acceptors (Lipinski definition) is 6. The molecule has 0 aliphatic heterocycles. The molecule has 0 aromatic heterocycles. The molecule has 0 bridgehead atoms. The Balaban J connectivity index is 0.000000486. The molecule has 26 heavy (non-hydrogen) atoms. The van der Waals surface area contributed by atoms with Crippen molar-refractivity contribution in [1.29, 1.82) is 0 Å². The average molecular weight is 362 g/mol. The number of nitrogens with two attached hydrogens (primary N) is 2. The maximum absolute atomic E-state index is 9.66. The first-order chi connectivity index (χ1) is 12.7. The van der Waals surface area contributed by atoms with E-state index < -0.39 is 6.04 Å². The van der Waals surface area contributed by atoms with Gasteiger partial charge in [0.25, 0.3) is 0 Å². The number of carbonyl (C=O) groups excluding carboxylic acids is 2. The van der Waals surface area contributed by atoms with Crippen molar-refractivity contribution in [3.05, 3.63) is 53.1 Å². The summed E-state index contributed by atoms with van der Waals surface area (Å²) in [7, 11) is 1.00. The summed E-state index contributed by atoms with van der Waals surface area (Å²) in [5, 5.41) is 15.1. The zero-order chi connectivity index (χ0) is 19.9. The molecular formula is C20H30N2O4. The predicted octanol–water partition coefficient (Wildman–Crippen LogP) is 1.16. The van der Waals surface area contributed by atoms with Crippen molar-refractivity contribution < 1.29 is 19.8 Å². The van der Waals surface area contributed by atoms with Gasteiger partial charge >= 0.3 is 0 Å². The van der Waals surface area contributed by atoms with Gasteiger partial charge in [-0.15, -0.1) is 0 Å². The number of allylic oxidation sites excluding steroid dienone is 3. The molecule has 1 aromatic rings. The molecule has 2 unspecified atom stereocenters. The fourth-order valence-electron chi connectivity index (χ4n) is 3.01. The van der Waals surface area contributed by atoms with Crippen LogP contribution < -0.4 is 11.5 Å². The van der Waals surface area contributed by atoms with Crippen LogP contribution in [0.2, 0.25) is 0 Å². The second-order valence-electron chi connectivity index (χ2n) is 5.56. The van der Waals surface area contributed by atoms with Gasteiger partial charge in [0.05, 0.1) is 6.04 Å². The van der Waals surface area contributed by atoms with Crippen LogP contribution in [0.1, 0.15) is 36.3 Å². The summed E-state index contributed by atoms with van der Waals surface area (Å²) in [6.45, 7) is 2.71. The Labute approximate surface area is 155 Å². The number of hydrogen-bond donors (Lipinski definition) is 4. The van der Waals surface area contributed by atoms with Crippen LogP contribution in [0.3, 0.4) is 0 Å². The highest BCUT2D eigenvalue weighted by Crippen LogP contribution is 2.45. The number of benzene rings is 1. The normalized spacial score (nSPS) is 17.2. The Morgan fingerprint density at radius 3 is 2.50 bits per heavy atom. The largest absolute Gasteiger partial charge is 0.400 e. The molecule has 144 valence electrons. The molecule has 0 amide bonds. The topological polar surface area (TPSA) is 127 Å². The monoisotopic (exact) mass is 362 g/mol. The molecular weight excluding hydrogens is 332 g/mol. The van der Waals surface area contributed by atoms with Crippen LogP contribution in [0, 0.1) is 0 Å². The maximum Gasteiger partial charge on any atom is 0.136 e. The highest BCUT2D eigenvalue weighted by atomic mass is 16.3. The lowest BCUT2D eigenvalue weighted by Gasteiger charge is -2.13. The van der Waals surface area contributed by atoms with Gasteiger partial charge in [-0.2, -0.15) is 0 Å². The van der Waals surface area contributed by atoms with E-state index in [1.807, 2.05) is 6.79 Å². The van der Waals surface area contributed by atoms with E-state index >= 15 is 0 Å². The predicted molar refractivity (Wildman–Crippen MR) is 105 cm³/mol. The number of rotatable bonds is 4. The molecule has 0 saturated heterocycles. The Hall–Kier alpha value is -2.12. The summed E-state index contributed by atoms with van der Waals surface area (Å²) in [5.74, 6) is 0.438. The van der Waals surface area contributed by atoms with Gasteiger partial charge in [0.2, 0.25) is 0 Å². The van der Waals surface area contributed by atoms with E-state index in [2.05, 4.69) is 36.4 Å². The van der Waals surface area contributed by atoms with Gasteiger partial charge in [0, 0.05) is 26.2 Å². The van der Waals surface area contributed by atoms with Gasteiger partial charge in [-0.25, -0.2) is 0 Å². The lowest BCUT2D eigenvalue weighted by molar-refractivity contribution is -0.109. The zero-order valence-electron chi connectivity index (χ0n) is 15.3. The first-order valence-electron chi connectivity index (χ1n) is 8.47. The lowest BCUT2D eigenvalue weighted by atomic mass is 9.93. The zero-order valence-corrected chi connectivity index (χ0v) is 15.3. The summed E-state index contributed by atoms with van der Waals surface area (Å²) in [5.41, 5.74) is 16.8. The fourth-order valence-corrected chi connectivity index (χ4v) is 3.01. The highest BCUT2D eigenvalue weighted by molar-refractivity contribution is 5.81. The third-order valence-electron chi connectivity index (χ3n) is 4.12. The van der Waals surface area contributed by atoms with Crippen molar-refractivity contribution >= 4 is 18.6 Å². The second-order valence-corrected chi connectivity index (χ2v) is 5.56. The van der Waals surface area contributed by atoms with Crippen molar-refractivity contribution in [3.8, 4) is 0 Å². The molecule has 0 spiro atoms. The molecule has 2 aliphatic rings. The van der Waals surface area contributed by atoms with Gasteiger partial charge < -0.3 is 31.3 Å². The average Bonchev–Trinajstić information content (AvgIpc) is 3.05. The van der Waals surface area contributed by atoms with E-state index in [4.69, 9.17) is 26.5 Å². The Morgan fingerprint density at radius 1 is 1.31 bits per heavy atom. The van der Waals surface area contributed by atoms with Crippen LogP contribution in [-0.4, -0.2) is 49.6 Å². The Morgan fingerprint density at radius 2 is 1.96 bits per heavy atom. The van der Waals surface area contributed by atoms with Crippen LogP contribution >= 0.6 is 0 Å². The Kier molecular flexibility index (Phi) is 12.9. The number of fused-ring (bicyclic) bond motifs is 2. The number of aldehydes is 1. The van der Waals surface area contributed by atoms with Gasteiger partial charge in [-0.1, -0.05) is 36.4 Å². The minimum atomic E-state index is -0.481. The van der Waals surface area contributed by atoms with Gasteiger partial charge in [0.15, 0.2) is 0 Å². The molecule has 0 radical (unpaired) electrons. The molecule has 0 fully saturated rings. The standard InChI is InChI=1S/C14H15N.C4H9NO2.CH4O.CH2O/c15-9-14-12-7-3-1-5-10(12)11-6-2-4-8-13(11)14;5-4(3-7)1-2-6;2*1-2/h1,3-5,7-8,14H,2,6,9,15H2;3-4,6H,1-2,5H2;2H,1H3;1H2.